The largest absolute Gasteiger partial charge is 0.481 e. The van der Waals surface area contributed by atoms with E-state index >= 15 is 0 Å². The summed E-state index contributed by atoms with van der Waals surface area (Å²) in [6, 6.07) is -0.0519. The van der Waals surface area contributed by atoms with E-state index in [0.29, 0.717) is 39.4 Å². The number of hydrogen-bond donors (Lipinski definition) is 1. The predicted molar refractivity (Wildman–Crippen MR) is 59.7 cm³/mol. The molecule has 0 saturated carbocycles. The third-order valence-electron chi connectivity index (χ3n) is 3.48. The molecule has 0 bridgehead atoms. The van der Waals surface area contributed by atoms with Crippen molar-refractivity contribution in [2.45, 2.75) is 6.92 Å². The minimum atomic E-state index is -0.810. The monoisotopic (exact) mass is 242 g/mol. The van der Waals surface area contributed by atoms with Crippen molar-refractivity contribution in [2.75, 3.05) is 39.4 Å². The van der Waals surface area contributed by atoms with Gasteiger partial charge in [-0.15, -0.1) is 0 Å². The van der Waals surface area contributed by atoms with Gasteiger partial charge in [-0.2, -0.15) is 0 Å². The number of carbonyl (C=O) groups excluding carboxylic acids is 1. The third-order valence-corrected chi connectivity index (χ3v) is 3.48. The first-order valence-electron chi connectivity index (χ1n) is 5.94. The van der Waals surface area contributed by atoms with Gasteiger partial charge in [0.15, 0.2) is 0 Å². The van der Waals surface area contributed by atoms with Crippen LogP contribution in [0, 0.1) is 11.8 Å². The van der Waals surface area contributed by atoms with Crippen LogP contribution in [0.4, 0.5) is 4.79 Å². The van der Waals surface area contributed by atoms with Gasteiger partial charge in [-0.25, -0.2) is 4.79 Å². The number of ether oxygens (including phenoxy) is 1. The van der Waals surface area contributed by atoms with Crippen LogP contribution in [-0.2, 0) is 9.53 Å². The zero-order valence-electron chi connectivity index (χ0n) is 9.96. The highest BCUT2D eigenvalue weighted by atomic mass is 16.5. The molecule has 2 amide bonds. The first kappa shape index (κ1) is 12.2. The number of carboxylic acids is 1. The lowest BCUT2D eigenvalue weighted by Crippen LogP contribution is -2.47. The molecule has 6 heteroatoms. The molecule has 0 aromatic rings. The van der Waals surface area contributed by atoms with Crippen molar-refractivity contribution in [3.8, 4) is 0 Å². The summed E-state index contributed by atoms with van der Waals surface area (Å²) in [6.45, 7) is 5.07. The normalized spacial score (nSPS) is 29.5. The molecular weight excluding hydrogens is 224 g/mol. The minimum Gasteiger partial charge on any atom is -0.481 e. The Hall–Kier alpha value is -1.30. The number of urea groups is 1. The molecule has 17 heavy (non-hydrogen) atoms. The number of carboxylic acid groups (broad SMARTS) is 1. The van der Waals surface area contributed by atoms with Crippen LogP contribution in [0.3, 0.4) is 0 Å². The number of carbonyl (C=O) groups is 2. The van der Waals surface area contributed by atoms with E-state index in [1.807, 2.05) is 6.92 Å². The van der Waals surface area contributed by atoms with E-state index in [9.17, 15) is 9.59 Å². The second-order valence-corrected chi connectivity index (χ2v) is 4.71. The van der Waals surface area contributed by atoms with Crippen molar-refractivity contribution in [3.63, 3.8) is 0 Å². The average molecular weight is 242 g/mol. The van der Waals surface area contributed by atoms with E-state index in [4.69, 9.17) is 9.84 Å². The maximum Gasteiger partial charge on any atom is 0.320 e. The molecule has 6 nitrogen and oxygen atoms in total. The van der Waals surface area contributed by atoms with Crippen LogP contribution in [0.25, 0.3) is 0 Å². The molecular formula is C11H18N2O4. The van der Waals surface area contributed by atoms with Gasteiger partial charge in [0.1, 0.15) is 0 Å². The van der Waals surface area contributed by atoms with Gasteiger partial charge in [-0.05, 0) is 5.92 Å². The van der Waals surface area contributed by atoms with E-state index in [2.05, 4.69) is 0 Å². The number of aliphatic carboxylic acids is 1. The van der Waals surface area contributed by atoms with Crippen LogP contribution in [0.5, 0.6) is 0 Å². The van der Waals surface area contributed by atoms with E-state index in [-0.39, 0.29) is 11.9 Å². The summed E-state index contributed by atoms with van der Waals surface area (Å²) in [4.78, 5) is 26.5. The lowest BCUT2D eigenvalue weighted by Gasteiger charge is -2.30. The van der Waals surface area contributed by atoms with Crippen LogP contribution in [0.2, 0.25) is 0 Å². The quantitative estimate of drug-likeness (QED) is 0.707. The van der Waals surface area contributed by atoms with Crippen LogP contribution in [0.15, 0.2) is 0 Å². The molecule has 2 aliphatic heterocycles. The molecule has 2 unspecified atom stereocenters. The molecule has 2 rings (SSSR count). The van der Waals surface area contributed by atoms with Crippen LogP contribution < -0.4 is 0 Å². The topological polar surface area (TPSA) is 70.1 Å². The number of likely N-dealkylation sites (tertiary alicyclic amines) is 1. The molecule has 0 spiro atoms. The highest BCUT2D eigenvalue weighted by molar-refractivity contribution is 5.77. The lowest BCUT2D eigenvalue weighted by atomic mass is 9.99. The Morgan fingerprint density at radius 1 is 1.18 bits per heavy atom. The Morgan fingerprint density at radius 3 is 2.35 bits per heavy atom. The number of nitrogens with zero attached hydrogens (tertiary/aromatic N) is 2. The Kier molecular flexibility index (Phi) is 3.51. The highest BCUT2D eigenvalue weighted by Gasteiger charge is 2.38. The van der Waals surface area contributed by atoms with E-state index < -0.39 is 11.9 Å². The van der Waals surface area contributed by atoms with Crippen LogP contribution >= 0.6 is 0 Å². The maximum atomic E-state index is 12.1. The van der Waals surface area contributed by atoms with Gasteiger partial charge < -0.3 is 19.6 Å². The van der Waals surface area contributed by atoms with Gasteiger partial charge in [0.25, 0.3) is 0 Å². The highest BCUT2D eigenvalue weighted by Crippen LogP contribution is 2.24. The molecule has 96 valence electrons. The fraction of sp³-hybridized carbons (Fsp3) is 0.818. The molecule has 2 heterocycles. The van der Waals surface area contributed by atoms with E-state index in [1.165, 1.54) is 0 Å². The van der Waals surface area contributed by atoms with Gasteiger partial charge in [0, 0.05) is 26.2 Å². The van der Waals surface area contributed by atoms with Gasteiger partial charge >= 0.3 is 12.0 Å². The number of rotatable bonds is 1. The van der Waals surface area contributed by atoms with Crippen molar-refractivity contribution in [2.24, 2.45) is 11.8 Å². The van der Waals surface area contributed by atoms with Crippen LogP contribution in [0.1, 0.15) is 6.92 Å². The standard InChI is InChI=1S/C11H18N2O4/c1-8-6-13(7-9(8)10(14)15)11(16)12-2-4-17-5-3-12/h8-9H,2-7H2,1H3,(H,14,15). The number of amides is 2. The average Bonchev–Trinajstić information content (AvgIpc) is 2.71. The molecule has 2 aliphatic rings. The summed E-state index contributed by atoms with van der Waals surface area (Å²) < 4.78 is 5.19. The Bertz CT molecular complexity index is 315. The summed E-state index contributed by atoms with van der Waals surface area (Å²) in [5, 5.41) is 9.02. The summed E-state index contributed by atoms with van der Waals surface area (Å²) in [5.41, 5.74) is 0. The third kappa shape index (κ3) is 2.52. The molecule has 0 aliphatic carbocycles. The molecule has 1 N–H and O–H groups in total. The summed E-state index contributed by atoms with van der Waals surface area (Å²) in [5.74, 6) is -1.22. The lowest BCUT2D eigenvalue weighted by molar-refractivity contribution is -0.142. The molecule has 0 aromatic heterocycles. The number of morpholine rings is 1. The SMILES string of the molecule is CC1CN(C(=O)N2CCOCC2)CC1C(=O)O. The molecule has 0 aromatic carbocycles. The minimum absolute atomic E-state index is 0.0255. The predicted octanol–water partition coefficient (Wildman–Crippen LogP) is 0.0911. The van der Waals surface area contributed by atoms with E-state index in [1.54, 1.807) is 9.80 Å². The Balaban J connectivity index is 1.94. The Labute approximate surface area is 100 Å². The van der Waals surface area contributed by atoms with Crippen molar-refractivity contribution in [1.82, 2.24) is 9.80 Å². The zero-order chi connectivity index (χ0) is 12.4. The Morgan fingerprint density at radius 2 is 1.82 bits per heavy atom. The van der Waals surface area contributed by atoms with E-state index in [0.717, 1.165) is 0 Å². The molecule has 2 atom stereocenters. The summed E-state index contributed by atoms with van der Waals surface area (Å²) in [7, 11) is 0. The molecule has 2 saturated heterocycles. The zero-order valence-corrected chi connectivity index (χ0v) is 9.96. The first-order valence-corrected chi connectivity index (χ1v) is 5.94. The first-order chi connectivity index (χ1) is 8.09. The van der Waals surface area contributed by atoms with Gasteiger partial charge in [0.2, 0.25) is 0 Å². The second-order valence-electron chi connectivity index (χ2n) is 4.71. The summed E-state index contributed by atoms with van der Waals surface area (Å²) in [6.07, 6.45) is 0. The maximum absolute atomic E-state index is 12.1. The summed E-state index contributed by atoms with van der Waals surface area (Å²) >= 11 is 0. The van der Waals surface area contributed by atoms with Crippen molar-refractivity contribution >= 4 is 12.0 Å². The van der Waals surface area contributed by atoms with Crippen molar-refractivity contribution in [3.05, 3.63) is 0 Å². The van der Waals surface area contributed by atoms with Gasteiger partial charge in [0.05, 0.1) is 19.1 Å². The fourth-order valence-corrected chi connectivity index (χ4v) is 2.40. The molecule has 2 fully saturated rings. The second kappa shape index (κ2) is 4.91. The molecule has 0 radical (unpaired) electrons. The number of hydrogen-bond acceptors (Lipinski definition) is 3. The van der Waals surface area contributed by atoms with Gasteiger partial charge in [-0.3, -0.25) is 4.79 Å². The van der Waals surface area contributed by atoms with Crippen molar-refractivity contribution < 1.29 is 19.4 Å². The van der Waals surface area contributed by atoms with Crippen LogP contribution in [-0.4, -0.2) is 66.3 Å². The fourth-order valence-electron chi connectivity index (χ4n) is 2.40. The van der Waals surface area contributed by atoms with Crippen molar-refractivity contribution in [1.29, 1.82) is 0 Å². The smallest absolute Gasteiger partial charge is 0.320 e. The van der Waals surface area contributed by atoms with Gasteiger partial charge in [-0.1, -0.05) is 6.92 Å².